The zero-order valence-corrected chi connectivity index (χ0v) is 14.8. The Kier molecular flexibility index (Phi) is 5.13. The molecular weight excluding hydrogens is 376 g/mol. The molecule has 1 fully saturated rings. The molecule has 0 bridgehead atoms. The van der Waals surface area contributed by atoms with E-state index in [9.17, 15) is 12.8 Å². The van der Waals surface area contributed by atoms with Crippen LogP contribution in [0.1, 0.15) is 11.7 Å². The smallest absolute Gasteiger partial charge is 0.243 e. The lowest BCUT2D eigenvalue weighted by atomic mass is 10.1. The summed E-state index contributed by atoms with van der Waals surface area (Å²) in [4.78, 5) is 0.0802. The first-order valence-electron chi connectivity index (χ1n) is 7.20. The predicted octanol–water partition coefficient (Wildman–Crippen LogP) is 3.89. The first-order valence-corrected chi connectivity index (χ1v) is 9.40. The zero-order valence-electron chi connectivity index (χ0n) is 12.5. The molecule has 0 spiro atoms. The second kappa shape index (κ2) is 6.98. The van der Waals surface area contributed by atoms with Gasteiger partial charge in [0.15, 0.2) is 0 Å². The summed E-state index contributed by atoms with van der Waals surface area (Å²) >= 11 is 11.8. The van der Waals surface area contributed by atoms with Gasteiger partial charge in [-0.25, -0.2) is 12.8 Å². The maximum atomic E-state index is 13.0. The van der Waals surface area contributed by atoms with Crippen molar-refractivity contribution in [3.8, 4) is 0 Å². The second-order valence-corrected chi connectivity index (χ2v) is 8.10. The molecule has 0 aromatic heterocycles. The highest BCUT2D eigenvalue weighted by atomic mass is 35.5. The number of sulfonamides is 1. The summed E-state index contributed by atoms with van der Waals surface area (Å²) in [6.45, 7) is 0.636. The van der Waals surface area contributed by atoms with Crippen molar-refractivity contribution in [2.24, 2.45) is 0 Å². The molecule has 2 aromatic rings. The van der Waals surface area contributed by atoms with Gasteiger partial charge in [-0.2, -0.15) is 4.31 Å². The van der Waals surface area contributed by atoms with E-state index in [0.717, 1.165) is 5.56 Å². The number of ether oxygens (including phenoxy) is 1. The topological polar surface area (TPSA) is 46.6 Å². The van der Waals surface area contributed by atoms with Gasteiger partial charge in [0, 0.05) is 13.1 Å². The fourth-order valence-electron chi connectivity index (χ4n) is 2.51. The normalized spacial score (nSPS) is 19.4. The molecule has 0 amide bonds. The average Bonchev–Trinajstić information content (AvgIpc) is 2.58. The van der Waals surface area contributed by atoms with Gasteiger partial charge >= 0.3 is 0 Å². The number of hydrogen-bond acceptors (Lipinski definition) is 3. The van der Waals surface area contributed by atoms with Crippen LogP contribution in [0.2, 0.25) is 10.0 Å². The molecule has 24 heavy (non-hydrogen) atoms. The zero-order chi connectivity index (χ0) is 17.3. The molecule has 1 aliphatic heterocycles. The van der Waals surface area contributed by atoms with Crippen LogP contribution in [-0.2, 0) is 14.8 Å². The molecule has 2 aromatic carbocycles. The number of nitrogens with zero attached hydrogens (tertiary/aromatic N) is 1. The van der Waals surface area contributed by atoms with E-state index in [4.69, 9.17) is 27.9 Å². The van der Waals surface area contributed by atoms with E-state index in [1.54, 1.807) is 12.1 Å². The summed E-state index contributed by atoms with van der Waals surface area (Å²) in [5, 5.41) is 0.475. The first kappa shape index (κ1) is 17.6. The summed E-state index contributed by atoms with van der Waals surface area (Å²) in [5.74, 6) is -0.352. The second-order valence-electron chi connectivity index (χ2n) is 5.35. The van der Waals surface area contributed by atoms with Crippen molar-refractivity contribution >= 4 is 33.2 Å². The van der Waals surface area contributed by atoms with Crippen LogP contribution in [0.4, 0.5) is 4.39 Å². The van der Waals surface area contributed by atoms with Crippen molar-refractivity contribution < 1.29 is 17.5 Å². The quantitative estimate of drug-likeness (QED) is 0.799. The molecule has 0 saturated carbocycles. The molecule has 1 unspecified atom stereocenters. The maximum absolute atomic E-state index is 13.0. The molecule has 1 aliphatic rings. The van der Waals surface area contributed by atoms with Gasteiger partial charge in [0.1, 0.15) is 5.82 Å². The summed E-state index contributed by atoms with van der Waals surface area (Å²) in [7, 11) is -3.71. The van der Waals surface area contributed by atoms with E-state index < -0.39 is 16.1 Å². The molecule has 1 heterocycles. The Morgan fingerprint density at radius 3 is 2.46 bits per heavy atom. The molecule has 8 heteroatoms. The first-order chi connectivity index (χ1) is 11.4. The van der Waals surface area contributed by atoms with Gasteiger partial charge in [-0.1, -0.05) is 35.3 Å². The monoisotopic (exact) mass is 389 g/mol. The minimum absolute atomic E-state index is 0.0802. The Hall–Kier alpha value is -1.18. The van der Waals surface area contributed by atoms with Crippen molar-refractivity contribution in [1.29, 1.82) is 0 Å². The van der Waals surface area contributed by atoms with Gasteiger partial charge in [-0.05, 0) is 35.9 Å². The lowest BCUT2D eigenvalue weighted by Crippen LogP contribution is -2.42. The van der Waals surface area contributed by atoms with E-state index in [1.807, 2.05) is 0 Å². The van der Waals surface area contributed by atoms with Crippen molar-refractivity contribution in [1.82, 2.24) is 4.31 Å². The Balaban J connectivity index is 1.85. The summed E-state index contributed by atoms with van der Waals surface area (Å²) in [6, 6.07) is 10.0. The van der Waals surface area contributed by atoms with Crippen molar-refractivity contribution in [3.63, 3.8) is 0 Å². The van der Waals surface area contributed by atoms with Gasteiger partial charge in [0.05, 0.1) is 27.7 Å². The minimum Gasteiger partial charge on any atom is -0.371 e. The van der Waals surface area contributed by atoms with Crippen LogP contribution in [0.15, 0.2) is 47.4 Å². The number of benzene rings is 2. The van der Waals surface area contributed by atoms with Crippen LogP contribution in [0.5, 0.6) is 0 Å². The largest absolute Gasteiger partial charge is 0.371 e. The highest BCUT2D eigenvalue weighted by molar-refractivity contribution is 7.89. The fourth-order valence-corrected chi connectivity index (χ4v) is 4.32. The standard InChI is InChI=1S/C16H14Cl2FNO3S/c17-14-6-5-13(9-15(14)18)24(21,22)20-7-8-23-16(10-20)11-1-3-12(19)4-2-11/h1-6,9,16H,7-8,10H2. The van der Waals surface area contributed by atoms with Crippen LogP contribution in [0.25, 0.3) is 0 Å². The van der Waals surface area contributed by atoms with Gasteiger partial charge in [-0.3, -0.25) is 0 Å². The third-order valence-electron chi connectivity index (χ3n) is 3.80. The Bertz CT molecular complexity index is 843. The highest BCUT2D eigenvalue weighted by Crippen LogP contribution is 2.29. The highest BCUT2D eigenvalue weighted by Gasteiger charge is 2.31. The molecule has 0 radical (unpaired) electrons. The van der Waals surface area contributed by atoms with Crippen LogP contribution in [0, 0.1) is 5.82 Å². The van der Waals surface area contributed by atoms with Crippen molar-refractivity contribution in [2.75, 3.05) is 19.7 Å². The van der Waals surface area contributed by atoms with Crippen LogP contribution in [-0.4, -0.2) is 32.4 Å². The Morgan fingerprint density at radius 2 is 1.79 bits per heavy atom. The van der Waals surface area contributed by atoms with Crippen molar-refractivity contribution in [3.05, 3.63) is 63.9 Å². The Morgan fingerprint density at radius 1 is 1.08 bits per heavy atom. The summed E-state index contributed by atoms with van der Waals surface area (Å²) in [6.07, 6.45) is -0.447. The number of halogens is 3. The van der Waals surface area contributed by atoms with E-state index in [-0.39, 0.29) is 35.4 Å². The summed E-state index contributed by atoms with van der Waals surface area (Å²) in [5.41, 5.74) is 0.727. The number of rotatable bonds is 3. The third kappa shape index (κ3) is 3.58. The molecule has 4 nitrogen and oxygen atoms in total. The van der Waals surface area contributed by atoms with Gasteiger partial charge in [0.25, 0.3) is 0 Å². The minimum atomic E-state index is -3.71. The Labute approximate surface area is 149 Å². The van der Waals surface area contributed by atoms with Gasteiger partial charge in [0.2, 0.25) is 10.0 Å². The lowest BCUT2D eigenvalue weighted by molar-refractivity contribution is -0.00258. The van der Waals surface area contributed by atoms with Gasteiger partial charge < -0.3 is 4.74 Å². The van der Waals surface area contributed by atoms with E-state index in [2.05, 4.69) is 0 Å². The number of hydrogen-bond donors (Lipinski definition) is 0. The average molecular weight is 390 g/mol. The van der Waals surface area contributed by atoms with Crippen LogP contribution < -0.4 is 0 Å². The number of morpholine rings is 1. The third-order valence-corrected chi connectivity index (χ3v) is 6.40. The summed E-state index contributed by atoms with van der Waals surface area (Å²) < 4.78 is 45.6. The van der Waals surface area contributed by atoms with Crippen molar-refractivity contribution in [2.45, 2.75) is 11.0 Å². The molecule has 128 valence electrons. The lowest BCUT2D eigenvalue weighted by Gasteiger charge is -2.32. The molecule has 3 rings (SSSR count). The van der Waals surface area contributed by atoms with Gasteiger partial charge in [-0.15, -0.1) is 0 Å². The molecule has 0 N–H and O–H groups in total. The maximum Gasteiger partial charge on any atom is 0.243 e. The van der Waals surface area contributed by atoms with E-state index in [0.29, 0.717) is 5.02 Å². The van der Waals surface area contributed by atoms with E-state index in [1.165, 1.54) is 34.6 Å². The predicted molar refractivity (Wildman–Crippen MR) is 90.3 cm³/mol. The van der Waals surface area contributed by atoms with Crippen LogP contribution in [0.3, 0.4) is 0 Å². The van der Waals surface area contributed by atoms with Crippen LogP contribution >= 0.6 is 23.2 Å². The molecule has 1 atom stereocenters. The fraction of sp³-hybridized carbons (Fsp3) is 0.250. The SMILES string of the molecule is O=S(=O)(c1ccc(Cl)c(Cl)c1)N1CCOC(c2ccc(F)cc2)C1. The molecule has 0 aliphatic carbocycles. The molecular formula is C16H14Cl2FNO3S. The van der Waals surface area contributed by atoms with E-state index >= 15 is 0 Å². The molecule has 1 saturated heterocycles.